The number of halogens is 2. The minimum Gasteiger partial charge on any atom is -0.441 e. The zero-order valence-electron chi connectivity index (χ0n) is 16.2. The molecule has 2 unspecified atom stereocenters. The van der Waals surface area contributed by atoms with Gasteiger partial charge in [-0.25, -0.2) is 13.6 Å². The van der Waals surface area contributed by atoms with Gasteiger partial charge in [-0.15, -0.1) is 0 Å². The molecule has 0 aliphatic carbocycles. The summed E-state index contributed by atoms with van der Waals surface area (Å²) in [6.07, 6.45) is 0.509. The van der Waals surface area contributed by atoms with Crippen LogP contribution in [0.4, 0.5) is 13.6 Å². The zero-order valence-corrected chi connectivity index (χ0v) is 16.2. The number of carbonyl (C=O) groups is 1. The Hall–Kier alpha value is -2.51. The SMILES string of the molecule is COC(C(c1ccc(F)cc1)c1ccccc1F)N1CCC2(CC1)CNC(=O)O2. The Morgan fingerprint density at radius 3 is 2.38 bits per heavy atom. The Labute approximate surface area is 168 Å². The Balaban J connectivity index is 1.63. The number of piperidine rings is 1. The molecular formula is C22H24F2N2O3. The maximum absolute atomic E-state index is 14.7. The molecule has 2 aliphatic heterocycles. The molecule has 1 spiro atoms. The van der Waals surface area contributed by atoms with Gasteiger partial charge in [-0.3, -0.25) is 4.90 Å². The highest BCUT2D eigenvalue weighted by atomic mass is 19.1. The third kappa shape index (κ3) is 3.97. The highest BCUT2D eigenvalue weighted by Crippen LogP contribution is 2.37. The molecule has 2 aromatic rings. The van der Waals surface area contributed by atoms with Crippen LogP contribution in [0.1, 0.15) is 29.9 Å². The van der Waals surface area contributed by atoms with E-state index < -0.39 is 17.7 Å². The summed E-state index contributed by atoms with van der Waals surface area (Å²) in [4.78, 5) is 13.6. The second-order valence-electron chi connectivity index (χ2n) is 7.64. The van der Waals surface area contributed by atoms with E-state index in [0.717, 1.165) is 5.56 Å². The first-order valence-electron chi connectivity index (χ1n) is 9.75. The lowest BCUT2D eigenvalue weighted by Gasteiger charge is -2.43. The van der Waals surface area contributed by atoms with Crippen LogP contribution in [0.3, 0.4) is 0 Å². The summed E-state index contributed by atoms with van der Waals surface area (Å²) in [5, 5.41) is 2.73. The molecule has 2 aliphatic rings. The number of benzene rings is 2. The van der Waals surface area contributed by atoms with Crippen LogP contribution in [0.25, 0.3) is 0 Å². The van der Waals surface area contributed by atoms with E-state index in [1.165, 1.54) is 18.2 Å². The maximum atomic E-state index is 14.7. The van der Waals surface area contributed by atoms with Crippen LogP contribution in [0.5, 0.6) is 0 Å². The number of amides is 1. The zero-order chi connectivity index (χ0) is 20.4. The van der Waals surface area contributed by atoms with Crippen LogP contribution in [0.15, 0.2) is 48.5 Å². The fraction of sp³-hybridized carbons (Fsp3) is 0.409. The van der Waals surface area contributed by atoms with Gasteiger partial charge < -0.3 is 14.8 Å². The molecule has 2 saturated heterocycles. The minimum absolute atomic E-state index is 0.328. The number of rotatable bonds is 5. The van der Waals surface area contributed by atoms with E-state index in [2.05, 4.69) is 10.2 Å². The van der Waals surface area contributed by atoms with Crippen molar-refractivity contribution in [3.63, 3.8) is 0 Å². The van der Waals surface area contributed by atoms with Crippen molar-refractivity contribution in [1.29, 1.82) is 0 Å². The van der Waals surface area contributed by atoms with Gasteiger partial charge in [0.05, 0.1) is 12.5 Å². The first-order valence-corrected chi connectivity index (χ1v) is 9.75. The number of carbonyl (C=O) groups excluding carboxylic acids is 1. The van der Waals surface area contributed by atoms with Crippen molar-refractivity contribution in [3.8, 4) is 0 Å². The van der Waals surface area contributed by atoms with Gasteiger partial charge in [0.1, 0.15) is 23.5 Å². The molecule has 0 saturated carbocycles. The molecule has 1 amide bonds. The lowest BCUT2D eigenvalue weighted by molar-refractivity contribution is -0.0850. The molecular weight excluding hydrogens is 378 g/mol. The van der Waals surface area contributed by atoms with Crippen molar-refractivity contribution in [2.24, 2.45) is 0 Å². The number of methoxy groups -OCH3 is 1. The highest BCUT2D eigenvalue weighted by Gasteiger charge is 2.45. The fourth-order valence-electron chi connectivity index (χ4n) is 4.36. The summed E-state index contributed by atoms with van der Waals surface area (Å²) >= 11 is 0. The summed E-state index contributed by atoms with van der Waals surface area (Å²) in [5.74, 6) is -1.10. The summed E-state index contributed by atoms with van der Waals surface area (Å²) in [6.45, 7) is 1.78. The molecule has 5 nitrogen and oxygen atoms in total. The summed E-state index contributed by atoms with van der Waals surface area (Å²) in [6, 6.07) is 12.7. The molecule has 0 aromatic heterocycles. The second-order valence-corrected chi connectivity index (χ2v) is 7.64. The molecule has 0 radical (unpaired) electrons. The predicted molar refractivity (Wildman–Crippen MR) is 103 cm³/mol. The van der Waals surface area contributed by atoms with Gasteiger partial charge >= 0.3 is 6.09 Å². The van der Waals surface area contributed by atoms with Crippen molar-refractivity contribution in [1.82, 2.24) is 10.2 Å². The summed E-state index contributed by atoms with van der Waals surface area (Å²) in [7, 11) is 1.60. The standard InChI is InChI=1S/C22H24F2N2O3/c1-28-20(26-12-10-22(11-13-26)14-25-21(27)29-22)19(15-6-8-16(23)9-7-15)17-4-2-3-5-18(17)24/h2-9,19-20H,10-14H2,1H3,(H,25,27). The van der Waals surface area contributed by atoms with Crippen LogP contribution in [0, 0.1) is 11.6 Å². The molecule has 2 aromatic carbocycles. The number of nitrogens with zero attached hydrogens (tertiary/aromatic N) is 1. The number of nitrogens with one attached hydrogen (secondary N) is 1. The highest BCUT2D eigenvalue weighted by molar-refractivity contribution is 5.70. The van der Waals surface area contributed by atoms with Crippen molar-refractivity contribution in [3.05, 3.63) is 71.3 Å². The van der Waals surface area contributed by atoms with E-state index in [-0.39, 0.29) is 17.7 Å². The summed E-state index contributed by atoms with van der Waals surface area (Å²) < 4.78 is 39.6. The molecule has 4 rings (SSSR count). The molecule has 1 N–H and O–H groups in total. The van der Waals surface area contributed by atoms with Gasteiger partial charge in [-0.05, 0) is 29.3 Å². The first-order chi connectivity index (χ1) is 14.0. The van der Waals surface area contributed by atoms with E-state index >= 15 is 0 Å². The quantitative estimate of drug-likeness (QED) is 0.830. The first kappa shape index (κ1) is 19.8. The average Bonchev–Trinajstić information content (AvgIpc) is 3.09. The maximum Gasteiger partial charge on any atom is 0.407 e. The Morgan fingerprint density at radius 1 is 1.10 bits per heavy atom. The van der Waals surface area contributed by atoms with Crippen LogP contribution in [-0.4, -0.2) is 49.6 Å². The predicted octanol–water partition coefficient (Wildman–Crippen LogP) is 3.64. The topological polar surface area (TPSA) is 50.8 Å². The molecule has 2 atom stereocenters. The smallest absolute Gasteiger partial charge is 0.407 e. The molecule has 2 fully saturated rings. The van der Waals surface area contributed by atoms with Crippen molar-refractivity contribution in [2.45, 2.75) is 30.6 Å². The number of ether oxygens (including phenoxy) is 2. The second kappa shape index (κ2) is 8.08. The summed E-state index contributed by atoms with van der Waals surface area (Å²) in [5.41, 5.74) is 0.799. The lowest BCUT2D eigenvalue weighted by Crippen LogP contribution is -2.52. The van der Waals surface area contributed by atoms with E-state index in [1.54, 1.807) is 37.4 Å². The van der Waals surface area contributed by atoms with Crippen molar-refractivity contribution < 1.29 is 23.0 Å². The molecule has 0 bridgehead atoms. The van der Waals surface area contributed by atoms with Gasteiger partial charge in [-0.2, -0.15) is 0 Å². The van der Waals surface area contributed by atoms with Gasteiger partial charge in [0.2, 0.25) is 0 Å². The Kier molecular flexibility index (Phi) is 5.52. The van der Waals surface area contributed by atoms with Crippen LogP contribution < -0.4 is 5.32 Å². The minimum atomic E-state index is -0.477. The van der Waals surface area contributed by atoms with Gasteiger partial charge in [0.15, 0.2) is 0 Å². The fourth-order valence-corrected chi connectivity index (χ4v) is 4.36. The number of likely N-dealkylation sites (tertiary alicyclic amines) is 1. The van der Waals surface area contributed by atoms with Gasteiger partial charge in [0, 0.05) is 33.0 Å². The third-order valence-corrected chi connectivity index (χ3v) is 5.93. The average molecular weight is 402 g/mol. The van der Waals surface area contributed by atoms with E-state index in [1.807, 2.05) is 0 Å². The normalized spacial score (nSPS) is 20.9. The Morgan fingerprint density at radius 2 is 1.79 bits per heavy atom. The molecule has 29 heavy (non-hydrogen) atoms. The molecule has 2 heterocycles. The van der Waals surface area contributed by atoms with Gasteiger partial charge in [0.25, 0.3) is 0 Å². The van der Waals surface area contributed by atoms with Crippen molar-refractivity contribution in [2.75, 3.05) is 26.7 Å². The van der Waals surface area contributed by atoms with Gasteiger partial charge in [-0.1, -0.05) is 30.3 Å². The molecule has 7 heteroatoms. The van der Waals surface area contributed by atoms with E-state index in [4.69, 9.17) is 9.47 Å². The number of hydrogen-bond donors (Lipinski definition) is 1. The van der Waals surface area contributed by atoms with Crippen molar-refractivity contribution >= 4 is 6.09 Å². The Bertz CT molecular complexity index is 867. The largest absolute Gasteiger partial charge is 0.441 e. The van der Waals surface area contributed by atoms with E-state index in [9.17, 15) is 13.6 Å². The van der Waals surface area contributed by atoms with Crippen LogP contribution in [0.2, 0.25) is 0 Å². The van der Waals surface area contributed by atoms with E-state index in [0.29, 0.717) is 38.0 Å². The molecule has 154 valence electrons. The number of alkyl carbamates (subject to hydrolysis) is 1. The van der Waals surface area contributed by atoms with Crippen LogP contribution in [-0.2, 0) is 9.47 Å². The number of hydrogen-bond acceptors (Lipinski definition) is 4. The monoisotopic (exact) mass is 402 g/mol. The lowest BCUT2D eigenvalue weighted by atomic mass is 9.86. The third-order valence-electron chi connectivity index (χ3n) is 5.93. The van der Waals surface area contributed by atoms with Crippen LogP contribution >= 0.6 is 0 Å².